The normalized spacial score (nSPS) is 11.8. The molecule has 0 fully saturated rings. The zero-order chi connectivity index (χ0) is 32.1. The lowest BCUT2D eigenvalue weighted by Gasteiger charge is -2.24. The van der Waals surface area contributed by atoms with Crippen molar-refractivity contribution in [1.82, 2.24) is 9.55 Å². The molecule has 0 atom stereocenters. The summed E-state index contributed by atoms with van der Waals surface area (Å²) < 4.78 is 2.44. The Morgan fingerprint density at radius 3 is 1.79 bits per heavy atom. The largest absolute Gasteiger partial charge is 0.292 e. The Morgan fingerprint density at radius 1 is 0.468 bits per heavy atom. The lowest BCUT2D eigenvalue weighted by atomic mass is 9.88. The van der Waals surface area contributed by atoms with Crippen molar-refractivity contribution in [2.75, 3.05) is 0 Å². The fourth-order valence-electron chi connectivity index (χ4n) is 7.16. The Labute approximate surface area is 277 Å². The number of rotatable bonds is 6. The molecule has 2 nitrogen and oxygen atoms in total. The quantitative estimate of drug-likeness (QED) is 0.172. The van der Waals surface area contributed by atoms with E-state index in [4.69, 9.17) is 4.98 Å². The van der Waals surface area contributed by atoms with Gasteiger partial charge in [-0.1, -0.05) is 137 Å². The van der Waals surface area contributed by atoms with Gasteiger partial charge in [-0.05, 0) is 103 Å². The number of benzene rings is 7. The van der Waals surface area contributed by atoms with E-state index in [0.29, 0.717) is 11.8 Å². The first-order valence-electron chi connectivity index (χ1n) is 16.7. The Bertz CT molecular complexity index is 2370. The first-order chi connectivity index (χ1) is 23.0. The van der Waals surface area contributed by atoms with Crippen LogP contribution in [0.25, 0.3) is 71.9 Å². The Hall–Kier alpha value is -5.47. The highest BCUT2D eigenvalue weighted by molar-refractivity contribution is 6.14. The number of para-hydroxylation sites is 2. The molecule has 0 unspecified atom stereocenters. The lowest BCUT2D eigenvalue weighted by molar-refractivity contribution is 0.811. The van der Waals surface area contributed by atoms with Crippen LogP contribution in [-0.2, 0) is 0 Å². The first-order valence-corrected chi connectivity index (χ1v) is 16.7. The van der Waals surface area contributed by atoms with Gasteiger partial charge >= 0.3 is 0 Å². The maximum atomic E-state index is 5.38. The minimum atomic E-state index is 0.313. The van der Waals surface area contributed by atoms with E-state index in [9.17, 15) is 0 Å². The summed E-state index contributed by atoms with van der Waals surface area (Å²) in [5, 5.41) is 5.01. The Kier molecular flexibility index (Phi) is 7.22. The number of nitrogens with zero attached hydrogens (tertiary/aromatic N) is 2. The molecule has 0 N–H and O–H groups in total. The molecule has 2 heteroatoms. The van der Waals surface area contributed by atoms with Crippen LogP contribution in [0.4, 0.5) is 0 Å². The van der Waals surface area contributed by atoms with Gasteiger partial charge in [-0.25, -0.2) is 4.98 Å². The van der Waals surface area contributed by atoms with E-state index in [0.717, 1.165) is 22.4 Å². The van der Waals surface area contributed by atoms with Crippen LogP contribution in [0, 0.1) is 0 Å². The van der Waals surface area contributed by atoms with Gasteiger partial charge in [0.05, 0.1) is 16.7 Å². The summed E-state index contributed by atoms with van der Waals surface area (Å²) in [7, 11) is 0. The molecule has 0 aliphatic heterocycles. The van der Waals surface area contributed by atoms with Gasteiger partial charge in [0.1, 0.15) is 5.82 Å². The predicted molar refractivity (Wildman–Crippen MR) is 201 cm³/mol. The predicted octanol–water partition coefficient (Wildman–Crippen LogP) is 12.6. The molecule has 47 heavy (non-hydrogen) atoms. The van der Waals surface area contributed by atoms with Gasteiger partial charge in [-0.3, -0.25) is 4.57 Å². The summed E-state index contributed by atoms with van der Waals surface area (Å²) in [6.07, 6.45) is 0. The van der Waals surface area contributed by atoms with Crippen molar-refractivity contribution in [2.24, 2.45) is 0 Å². The van der Waals surface area contributed by atoms with Crippen molar-refractivity contribution in [3.63, 3.8) is 0 Å². The van der Waals surface area contributed by atoms with Gasteiger partial charge < -0.3 is 0 Å². The summed E-state index contributed by atoms with van der Waals surface area (Å²) in [5.41, 5.74) is 12.1. The lowest BCUT2D eigenvalue weighted by Crippen LogP contribution is -2.09. The van der Waals surface area contributed by atoms with Crippen LogP contribution in [0.15, 0.2) is 146 Å². The number of hydrogen-bond acceptors (Lipinski definition) is 1. The standard InChI is InChI=1S/C45H38N2/c1-29(2)38-27-35(31-15-7-5-8-16-31)28-39(30(3)4)44(38)47-43-22-14-13-21-42(43)46-45(47)34-23-24-37-36-20-12-11-19-33(36)25-40(41(37)26-34)32-17-9-6-10-18-32/h5-30H,1-4H3. The maximum absolute atomic E-state index is 5.38. The second kappa shape index (κ2) is 11.7. The van der Waals surface area contributed by atoms with E-state index in [2.05, 4.69) is 178 Å². The molecule has 0 spiro atoms. The number of aromatic nitrogens is 2. The molecule has 0 saturated carbocycles. The molecule has 0 aliphatic carbocycles. The van der Waals surface area contributed by atoms with Gasteiger partial charge in [-0.15, -0.1) is 0 Å². The number of imidazole rings is 1. The molecule has 0 radical (unpaired) electrons. The van der Waals surface area contributed by atoms with Crippen LogP contribution in [0.3, 0.4) is 0 Å². The highest BCUT2D eigenvalue weighted by Crippen LogP contribution is 2.42. The SMILES string of the molecule is CC(C)c1cc(-c2ccccc2)cc(C(C)C)c1-n1c(-c2ccc3c(c2)c(-c2ccccc2)cc2ccccc23)nc2ccccc21. The van der Waals surface area contributed by atoms with Crippen molar-refractivity contribution >= 4 is 32.6 Å². The molecule has 228 valence electrons. The van der Waals surface area contributed by atoms with E-state index < -0.39 is 0 Å². The van der Waals surface area contributed by atoms with Crippen molar-refractivity contribution in [3.05, 3.63) is 157 Å². The summed E-state index contributed by atoms with van der Waals surface area (Å²) >= 11 is 0. The highest BCUT2D eigenvalue weighted by Gasteiger charge is 2.24. The number of fused-ring (bicyclic) bond motifs is 4. The minimum absolute atomic E-state index is 0.313. The molecule has 1 aromatic heterocycles. The third-order valence-corrected chi connectivity index (χ3v) is 9.51. The van der Waals surface area contributed by atoms with Crippen molar-refractivity contribution in [2.45, 2.75) is 39.5 Å². The minimum Gasteiger partial charge on any atom is -0.292 e. The van der Waals surface area contributed by atoms with E-state index in [-0.39, 0.29) is 0 Å². The second-order valence-corrected chi connectivity index (χ2v) is 13.2. The third kappa shape index (κ3) is 5.02. The molecule has 1 heterocycles. The molecular weight excluding hydrogens is 569 g/mol. The summed E-state index contributed by atoms with van der Waals surface area (Å²) in [6.45, 7) is 9.24. The van der Waals surface area contributed by atoms with Crippen molar-refractivity contribution in [1.29, 1.82) is 0 Å². The molecular formula is C45H38N2. The average molecular weight is 607 g/mol. The molecule has 0 saturated heterocycles. The van der Waals surface area contributed by atoms with Gasteiger partial charge in [0.15, 0.2) is 0 Å². The average Bonchev–Trinajstić information content (AvgIpc) is 3.50. The molecule has 7 aromatic carbocycles. The van der Waals surface area contributed by atoms with E-state index in [1.54, 1.807) is 0 Å². The van der Waals surface area contributed by atoms with E-state index >= 15 is 0 Å². The molecule has 0 bridgehead atoms. The summed E-state index contributed by atoms with van der Waals surface area (Å²) in [5.74, 6) is 1.59. The highest BCUT2D eigenvalue weighted by atomic mass is 15.1. The fourth-order valence-corrected chi connectivity index (χ4v) is 7.16. The number of hydrogen-bond donors (Lipinski definition) is 0. The molecule has 8 aromatic rings. The van der Waals surface area contributed by atoms with Gasteiger partial charge in [0, 0.05) is 5.56 Å². The van der Waals surface area contributed by atoms with Crippen LogP contribution >= 0.6 is 0 Å². The van der Waals surface area contributed by atoms with Crippen LogP contribution in [0.1, 0.15) is 50.7 Å². The Balaban J connectivity index is 1.45. The topological polar surface area (TPSA) is 17.8 Å². The third-order valence-electron chi connectivity index (χ3n) is 9.51. The van der Waals surface area contributed by atoms with Crippen molar-refractivity contribution in [3.8, 4) is 39.3 Å². The van der Waals surface area contributed by atoms with Gasteiger partial charge in [0.2, 0.25) is 0 Å². The van der Waals surface area contributed by atoms with Crippen molar-refractivity contribution < 1.29 is 0 Å². The van der Waals surface area contributed by atoms with E-state index in [1.165, 1.54) is 60.6 Å². The molecule has 0 amide bonds. The zero-order valence-corrected chi connectivity index (χ0v) is 27.4. The summed E-state index contributed by atoms with van der Waals surface area (Å²) in [4.78, 5) is 5.38. The fraction of sp³-hybridized carbons (Fsp3) is 0.133. The van der Waals surface area contributed by atoms with Crippen LogP contribution < -0.4 is 0 Å². The maximum Gasteiger partial charge on any atom is 0.145 e. The second-order valence-electron chi connectivity index (χ2n) is 13.2. The van der Waals surface area contributed by atoms with E-state index in [1.807, 2.05) is 0 Å². The monoisotopic (exact) mass is 606 g/mol. The Morgan fingerprint density at radius 2 is 1.09 bits per heavy atom. The van der Waals surface area contributed by atoms with Crippen LogP contribution in [0.2, 0.25) is 0 Å². The summed E-state index contributed by atoms with van der Waals surface area (Å²) in [6, 6.07) is 52.9. The van der Waals surface area contributed by atoms with Crippen LogP contribution in [0.5, 0.6) is 0 Å². The van der Waals surface area contributed by atoms with Crippen LogP contribution in [-0.4, -0.2) is 9.55 Å². The first kappa shape index (κ1) is 29.0. The van der Waals surface area contributed by atoms with Gasteiger partial charge in [-0.2, -0.15) is 0 Å². The van der Waals surface area contributed by atoms with Gasteiger partial charge in [0.25, 0.3) is 0 Å². The smallest absolute Gasteiger partial charge is 0.145 e. The molecule has 8 rings (SSSR count). The molecule has 0 aliphatic rings. The zero-order valence-electron chi connectivity index (χ0n) is 27.4.